The Morgan fingerprint density at radius 2 is 2.04 bits per heavy atom. The molecule has 1 amide bonds. The van der Waals surface area contributed by atoms with Gasteiger partial charge in [0.1, 0.15) is 17.2 Å². The number of halogens is 2. The third kappa shape index (κ3) is 5.07. The number of methoxy groups -OCH3 is 1. The van der Waals surface area contributed by atoms with Crippen molar-refractivity contribution in [1.82, 2.24) is 9.80 Å². The molecule has 1 atom stereocenters. The Morgan fingerprint density at radius 3 is 2.60 bits per heavy atom. The Bertz CT molecular complexity index is 633. The normalized spacial score (nSPS) is 19.0. The molecular weight excluding hydrogens is 391 g/mol. The maximum atomic E-state index is 13.9. The molecular formula is C18H26BrFN2O3. The van der Waals surface area contributed by atoms with Gasteiger partial charge >= 0.3 is 6.09 Å². The lowest BCUT2D eigenvalue weighted by molar-refractivity contribution is 0.00447. The SMILES string of the molecule is COc1ccc(F)c(Br)c1CN1CCN(C(=O)OC(C)(C)C)C[C@@H]1C. The highest BCUT2D eigenvalue weighted by Crippen LogP contribution is 2.31. The standard InChI is InChI=1S/C18H26BrFN2O3/c1-12-10-22(17(23)25-18(2,3)4)9-8-21(12)11-13-15(24-5)7-6-14(20)16(13)19/h6-7,12H,8-11H2,1-5H3/t12-/m0/s1. The van der Waals surface area contributed by atoms with Gasteiger partial charge in [0.15, 0.2) is 0 Å². The fourth-order valence-corrected chi connectivity index (χ4v) is 3.29. The van der Waals surface area contributed by atoms with Crippen molar-refractivity contribution in [1.29, 1.82) is 0 Å². The van der Waals surface area contributed by atoms with Crippen LogP contribution in [0.25, 0.3) is 0 Å². The summed E-state index contributed by atoms with van der Waals surface area (Å²) >= 11 is 3.32. The summed E-state index contributed by atoms with van der Waals surface area (Å²) in [5.41, 5.74) is 0.275. The molecule has 2 rings (SSSR count). The van der Waals surface area contributed by atoms with Crippen LogP contribution in [0.4, 0.5) is 9.18 Å². The van der Waals surface area contributed by atoms with E-state index in [1.807, 2.05) is 20.8 Å². The van der Waals surface area contributed by atoms with E-state index in [9.17, 15) is 9.18 Å². The van der Waals surface area contributed by atoms with Crippen LogP contribution in [0.1, 0.15) is 33.3 Å². The van der Waals surface area contributed by atoms with Gasteiger partial charge in [-0.05, 0) is 55.8 Å². The number of rotatable bonds is 3. The first kappa shape index (κ1) is 20.0. The van der Waals surface area contributed by atoms with Crippen LogP contribution in [0.2, 0.25) is 0 Å². The lowest BCUT2D eigenvalue weighted by Gasteiger charge is -2.40. The quantitative estimate of drug-likeness (QED) is 0.745. The highest BCUT2D eigenvalue weighted by Gasteiger charge is 2.30. The first-order valence-electron chi connectivity index (χ1n) is 8.35. The molecule has 1 aromatic rings. The van der Waals surface area contributed by atoms with Crippen molar-refractivity contribution in [3.63, 3.8) is 0 Å². The Balaban J connectivity index is 2.06. The number of ether oxygens (including phenoxy) is 2. The molecule has 1 saturated heterocycles. The molecule has 1 aromatic carbocycles. The fraction of sp³-hybridized carbons (Fsp3) is 0.611. The molecule has 1 fully saturated rings. The van der Waals surface area contributed by atoms with Crippen molar-refractivity contribution in [3.8, 4) is 5.75 Å². The topological polar surface area (TPSA) is 42.0 Å². The summed E-state index contributed by atoms with van der Waals surface area (Å²) < 4.78 is 25.1. The number of benzene rings is 1. The summed E-state index contributed by atoms with van der Waals surface area (Å²) in [6.07, 6.45) is -0.288. The van der Waals surface area contributed by atoms with E-state index in [0.29, 0.717) is 36.4 Å². The summed E-state index contributed by atoms with van der Waals surface area (Å²) in [5.74, 6) is 0.339. The molecule has 0 aliphatic carbocycles. The molecule has 0 saturated carbocycles. The van der Waals surface area contributed by atoms with Gasteiger partial charge < -0.3 is 14.4 Å². The van der Waals surface area contributed by atoms with Crippen LogP contribution in [0.15, 0.2) is 16.6 Å². The number of hydrogen-bond acceptors (Lipinski definition) is 4. The predicted octanol–water partition coefficient (Wildman–Crippen LogP) is 4.04. The van der Waals surface area contributed by atoms with E-state index in [0.717, 1.165) is 5.56 Å². The van der Waals surface area contributed by atoms with Gasteiger partial charge in [-0.3, -0.25) is 4.90 Å². The van der Waals surface area contributed by atoms with Crippen LogP contribution < -0.4 is 4.74 Å². The van der Waals surface area contributed by atoms with E-state index in [-0.39, 0.29) is 18.0 Å². The monoisotopic (exact) mass is 416 g/mol. The predicted molar refractivity (Wildman–Crippen MR) is 98.3 cm³/mol. The molecule has 140 valence electrons. The molecule has 1 aliphatic heterocycles. The van der Waals surface area contributed by atoms with Crippen molar-refractivity contribution in [2.24, 2.45) is 0 Å². The zero-order valence-electron chi connectivity index (χ0n) is 15.4. The third-order valence-electron chi connectivity index (χ3n) is 4.15. The van der Waals surface area contributed by atoms with Crippen LogP contribution >= 0.6 is 15.9 Å². The van der Waals surface area contributed by atoms with E-state index in [2.05, 4.69) is 27.8 Å². The summed E-state index contributed by atoms with van der Waals surface area (Å²) in [6.45, 7) is 10.0. The van der Waals surface area contributed by atoms with Gasteiger partial charge in [0, 0.05) is 37.8 Å². The molecule has 0 bridgehead atoms. The van der Waals surface area contributed by atoms with Crippen LogP contribution in [-0.2, 0) is 11.3 Å². The maximum absolute atomic E-state index is 13.9. The van der Waals surface area contributed by atoms with Crippen LogP contribution in [0.5, 0.6) is 5.75 Å². The van der Waals surface area contributed by atoms with Crippen molar-refractivity contribution in [3.05, 3.63) is 28.0 Å². The molecule has 0 unspecified atom stereocenters. The lowest BCUT2D eigenvalue weighted by Crippen LogP contribution is -2.54. The highest BCUT2D eigenvalue weighted by molar-refractivity contribution is 9.10. The minimum Gasteiger partial charge on any atom is -0.496 e. The molecule has 0 aromatic heterocycles. The maximum Gasteiger partial charge on any atom is 0.410 e. The Labute approximate surface area is 157 Å². The number of hydrogen-bond donors (Lipinski definition) is 0. The smallest absolute Gasteiger partial charge is 0.410 e. The first-order chi connectivity index (χ1) is 11.6. The lowest BCUT2D eigenvalue weighted by atomic mass is 10.1. The molecule has 7 heteroatoms. The molecule has 0 spiro atoms. The van der Waals surface area contributed by atoms with Crippen molar-refractivity contribution >= 4 is 22.0 Å². The largest absolute Gasteiger partial charge is 0.496 e. The third-order valence-corrected chi connectivity index (χ3v) is 5.01. The molecule has 0 N–H and O–H groups in total. The van der Waals surface area contributed by atoms with Gasteiger partial charge in [0.25, 0.3) is 0 Å². The van der Waals surface area contributed by atoms with E-state index in [1.54, 1.807) is 18.1 Å². The van der Waals surface area contributed by atoms with Crippen molar-refractivity contribution in [2.45, 2.75) is 45.9 Å². The van der Waals surface area contributed by atoms with Crippen molar-refractivity contribution < 1.29 is 18.7 Å². The molecule has 1 heterocycles. The average molecular weight is 417 g/mol. The second kappa shape index (κ2) is 7.91. The van der Waals surface area contributed by atoms with E-state index < -0.39 is 5.60 Å². The van der Waals surface area contributed by atoms with Crippen LogP contribution in [-0.4, -0.2) is 54.3 Å². The zero-order chi connectivity index (χ0) is 18.8. The summed E-state index contributed by atoms with van der Waals surface area (Å²) in [4.78, 5) is 16.2. The molecule has 0 radical (unpaired) electrons. The second-order valence-electron chi connectivity index (χ2n) is 7.29. The zero-order valence-corrected chi connectivity index (χ0v) is 17.0. The molecule has 25 heavy (non-hydrogen) atoms. The number of piperazine rings is 1. The number of carbonyl (C=O) groups is 1. The minimum atomic E-state index is -0.503. The Hall–Kier alpha value is -1.34. The first-order valence-corrected chi connectivity index (χ1v) is 9.14. The average Bonchev–Trinajstić information content (AvgIpc) is 2.52. The van der Waals surface area contributed by atoms with Gasteiger partial charge in [-0.25, -0.2) is 9.18 Å². The van der Waals surface area contributed by atoms with E-state index >= 15 is 0 Å². The van der Waals surface area contributed by atoms with Gasteiger partial charge in [0.2, 0.25) is 0 Å². The van der Waals surface area contributed by atoms with Crippen molar-refractivity contribution in [2.75, 3.05) is 26.7 Å². The minimum absolute atomic E-state index is 0.126. The van der Waals surface area contributed by atoms with Crippen LogP contribution in [0.3, 0.4) is 0 Å². The molecule has 5 nitrogen and oxygen atoms in total. The fourth-order valence-electron chi connectivity index (χ4n) is 2.84. The highest BCUT2D eigenvalue weighted by atomic mass is 79.9. The van der Waals surface area contributed by atoms with Gasteiger partial charge in [-0.15, -0.1) is 0 Å². The number of nitrogens with zero attached hydrogens (tertiary/aromatic N) is 2. The summed E-state index contributed by atoms with van der Waals surface area (Å²) in [6, 6.07) is 3.15. The molecule has 1 aliphatic rings. The Morgan fingerprint density at radius 1 is 1.36 bits per heavy atom. The number of amides is 1. The van der Waals surface area contributed by atoms with E-state index in [1.165, 1.54) is 6.07 Å². The Kier molecular flexibility index (Phi) is 6.32. The summed E-state index contributed by atoms with van der Waals surface area (Å²) in [7, 11) is 1.58. The van der Waals surface area contributed by atoms with Gasteiger partial charge in [0.05, 0.1) is 11.6 Å². The second-order valence-corrected chi connectivity index (χ2v) is 8.08. The summed E-state index contributed by atoms with van der Waals surface area (Å²) in [5, 5.41) is 0. The van der Waals surface area contributed by atoms with E-state index in [4.69, 9.17) is 9.47 Å². The number of carbonyl (C=O) groups excluding carboxylic acids is 1. The van der Waals surface area contributed by atoms with Gasteiger partial charge in [-0.2, -0.15) is 0 Å². The van der Waals surface area contributed by atoms with Crippen LogP contribution in [0, 0.1) is 5.82 Å². The van der Waals surface area contributed by atoms with Gasteiger partial charge in [-0.1, -0.05) is 0 Å².